The standard InChI is InChI=1S/C47H78N6O15S3/c1-34(56)53-38-40(59)39(58)35(29-55)68-41(38)67-26-24-62-18-16-52-42(60)46(5,44(2,3)30-47(6,71(7,8)33-49)43(61)51-15-17-54)31-45(4,32-48)13-12-37(57)66-25-23-64-20-19-63-21-22-65-27-28-69-70-36-11-9-10-14-50-36/h9-11,14,35,38-41,54-55,58-59H,12-13,15-31H2,1-8H3,(H,51,61)(H,52,60)(H,53,56)/t35-,38-,39+,40-,41-,45?,46?,47?/m1/s1. The Kier molecular flexibility index (Phi) is 28.8. The predicted molar refractivity (Wildman–Crippen MR) is 269 cm³/mol. The minimum atomic E-state index is -2.34. The molecule has 0 aromatic carbocycles. The molecule has 404 valence electrons. The van der Waals surface area contributed by atoms with Crippen LogP contribution in [0.1, 0.15) is 67.2 Å². The fraction of sp³-hybridized carbons (Fsp3) is 0.766. The van der Waals surface area contributed by atoms with Crippen molar-refractivity contribution in [2.45, 2.75) is 108 Å². The molecule has 2 rings (SSSR count). The molecule has 0 aliphatic carbocycles. The average molecular weight is 1060 g/mol. The van der Waals surface area contributed by atoms with Crippen molar-refractivity contribution in [1.82, 2.24) is 20.9 Å². The van der Waals surface area contributed by atoms with Gasteiger partial charge in [-0.1, -0.05) is 37.6 Å². The third kappa shape index (κ3) is 20.8. The first kappa shape index (κ1) is 63.8. The lowest BCUT2D eigenvalue weighted by Crippen LogP contribution is -2.64. The van der Waals surface area contributed by atoms with Crippen molar-refractivity contribution < 1.29 is 72.8 Å². The number of hydrogen-bond acceptors (Lipinski definition) is 20. The van der Waals surface area contributed by atoms with E-state index in [4.69, 9.17) is 33.2 Å². The van der Waals surface area contributed by atoms with E-state index in [2.05, 4.69) is 32.4 Å². The van der Waals surface area contributed by atoms with Crippen molar-refractivity contribution in [3.63, 3.8) is 0 Å². The third-order valence-corrected chi connectivity index (χ3v) is 17.8. The molecule has 1 aliphatic heterocycles. The molecule has 2 heterocycles. The van der Waals surface area contributed by atoms with Crippen LogP contribution < -0.4 is 16.0 Å². The number of carbonyl (C=O) groups is 4. The molecule has 8 atom stereocenters. The summed E-state index contributed by atoms with van der Waals surface area (Å²) in [6, 6.07) is 6.97. The van der Waals surface area contributed by atoms with Crippen LogP contribution in [-0.4, -0.2) is 195 Å². The van der Waals surface area contributed by atoms with Gasteiger partial charge in [0.15, 0.2) is 6.29 Å². The van der Waals surface area contributed by atoms with Crippen LogP contribution in [0.2, 0.25) is 0 Å². The number of amides is 3. The van der Waals surface area contributed by atoms with E-state index in [1.165, 1.54) is 6.92 Å². The number of aliphatic hydroxyl groups excluding tert-OH is 4. The summed E-state index contributed by atoms with van der Waals surface area (Å²) in [4.78, 5) is 57.4. The molecule has 71 heavy (non-hydrogen) atoms. The van der Waals surface area contributed by atoms with Gasteiger partial charge in [-0.05, 0) is 74.0 Å². The van der Waals surface area contributed by atoms with Crippen molar-refractivity contribution in [3.05, 3.63) is 24.4 Å². The van der Waals surface area contributed by atoms with E-state index >= 15 is 0 Å². The average Bonchev–Trinajstić information content (AvgIpc) is 3.34. The molecule has 21 nitrogen and oxygen atoms in total. The maximum atomic E-state index is 14.6. The zero-order chi connectivity index (χ0) is 53.1. The number of carbonyl (C=O) groups excluding carboxylic acids is 4. The van der Waals surface area contributed by atoms with Crippen molar-refractivity contribution in [2.75, 3.05) is 111 Å². The first-order chi connectivity index (χ1) is 33.6. The Balaban J connectivity index is 2.01. The molecule has 1 aromatic rings. The van der Waals surface area contributed by atoms with Crippen LogP contribution in [0.25, 0.3) is 0 Å². The molecule has 0 spiro atoms. The van der Waals surface area contributed by atoms with E-state index in [0.29, 0.717) is 26.4 Å². The van der Waals surface area contributed by atoms with Gasteiger partial charge in [0, 0.05) is 38.4 Å². The highest BCUT2D eigenvalue weighted by atomic mass is 33.1. The van der Waals surface area contributed by atoms with Gasteiger partial charge in [-0.3, -0.25) is 19.2 Å². The lowest BCUT2D eigenvalue weighted by Gasteiger charge is -2.52. The topological polar surface area (TPSA) is 310 Å². The summed E-state index contributed by atoms with van der Waals surface area (Å²) in [7, 11) is 0.919. The molecular formula is C47H78N6O15S3. The van der Waals surface area contributed by atoms with Crippen LogP contribution in [0.5, 0.6) is 0 Å². The Bertz CT molecular complexity index is 1860. The van der Waals surface area contributed by atoms with E-state index in [-0.39, 0.29) is 85.0 Å². The second-order valence-corrected chi connectivity index (χ2v) is 24.8. The molecule has 1 aliphatic rings. The van der Waals surface area contributed by atoms with Gasteiger partial charge in [-0.25, -0.2) is 4.98 Å². The van der Waals surface area contributed by atoms with Crippen LogP contribution >= 0.6 is 31.6 Å². The van der Waals surface area contributed by atoms with Crippen molar-refractivity contribution in [3.8, 4) is 11.5 Å². The van der Waals surface area contributed by atoms with Gasteiger partial charge in [0.05, 0.1) is 94.3 Å². The molecule has 1 aromatic heterocycles. The van der Waals surface area contributed by atoms with Crippen LogP contribution in [-0.2, 0) is 52.3 Å². The Morgan fingerprint density at radius 3 is 2.04 bits per heavy atom. The first-order valence-electron chi connectivity index (χ1n) is 23.5. The van der Waals surface area contributed by atoms with E-state index in [0.717, 1.165) is 10.8 Å². The number of nitrogens with one attached hydrogen (secondary N) is 3. The molecule has 24 heteroatoms. The first-order valence-corrected chi connectivity index (χ1v) is 28.2. The number of aliphatic hydroxyl groups is 4. The number of nitrogens with zero attached hydrogens (tertiary/aromatic N) is 3. The Morgan fingerprint density at radius 2 is 1.45 bits per heavy atom. The lowest BCUT2D eigenvalue weighted by atomic mass is 9.56. The van der Waals surface area contributed by atoms with Gasteiger partial charge < -0.3 is 69.5 Å². The molecule has 1 saturated heterocycles. The second kappa shape index (κ2) is 32.1. The van der Waals surface area contributed by atoms with Crippen molar-refractivity contribution in [2.24, 2.45) is 16.2 Å². The second-order valence-electron chi connectivity index (χ2n) is 18.7. The van der Waals surface area contributed by atoms with Crippen molar-refractivity contribution >= 4 is 55.3 Å². The molecule has 3 amide bonds. The number of rotatable bonds is 36. The van der Waals surface area contributed by atoms with Gasteiger partial charge in [0.2, 0.25) is 17.7 Å². The zero-order valence-corrected chi connectivity index (χ0v) is 44.9. The SMILES string of the molecule is CC(=O)N[C@H]1[C@H](OCCOCCNC(=O)C(C)(CC(C)(C#N)CCC(=O)OCCOCCOCCOCCSSc2ccccn2)C(C)(C)CC(C)(C(=O)NCCO)S(C)(C)C#N)O[C@H](CO)[C@H](O)[C@@H]1O. The van der Waals surface area contributed by atoms with Crippen LogP contribution in [0.15, 0.2) is 29.4 Å². The molecule has 3 unspecified atom stereocenters. The molecule has 1 fully saturated rings. The minimum Gasteiger partial charge on any atom is -0.463 e. The van der Waals surface area contributed by atoms with Crippen LogP contribution in [0.4, 0.5) is 0 Å². The van der Waals surface area contributed by atoms with E-state index in [1.54, 1.807) is 74.9 Å². The number of pyridine rings is 1. The smallest absolute Gasteiger partial charge is 0.305 e. The highest BCUT2D eigenvalue weighted by molar-refractivity contribution is 8.76. The summed E-state index contributed by atoms with van der Waals surface area (Å²) in [6.07, 6.45) is -0.266. The maximum absolute atomic E-state index is 14.6. The van der Waals surface area contributed by atoms with E-state index in [1.807, 2.05) is 18.2 Å². The third-order valence-electron chi connectivity index (χ3n) is 12.5. The fourth-order valence-corrected chi connectivity index (χ4v) is 10.9. The van der Waals surface area contributed by atoms with Crippen LogP contribution in [0, 0.1) is 38.2 Å². The van der Waals surface area contributed by atoms with E-state index < -0.39 is 92.0 Å². The Morgan fingerprint density at radius 1 is 0.831 bits per heavy atom. The van der Waals surface area contributed by atoms with Gasteiger partial charge >= 0.3 is 5.97 Å². The molecular weight excluding hydrogens is 985 g/mol. The molecule has 0 radical (unpaired) electrons. The quantitative estimate of drug-likeness (QED) is 0.0219. The highest BCUT2D eigenvalue weighted by Crippen LogP contribution is 2.61. The zero-order valence-electron chi connectivity index (χ0n) is 42.5. The summed E-state index contributed by atoms with van der Waals surface area (Å²) in [5, 5.41) is 72.3. The number of esters is 1. The Hall–Kier alpha value is -3.34. The van der Waals surface area contributed by atoms with Gasteiger partial charge in [0.25, 0.3) is 0 Å². The summed E-state index contributed by atoms with van der Waals surface area (Å²) >= 11 is 0. The highest BCUT2D eigenvalue weighted by Gasteiger charge is 2.57. The number of aromatic nitrogens is 1. The maximum Gasteiger partial charge on any atom is 0.305 e. The minimum absolute atomic E-state index is 0.000313. The number of ether oxygens (including phenoxy) is 7. The molecule has 7 N–H and O–H groups in total. The summed E-state index contributed by atoms with van der Waals surface area (Å²) in [5.74, 6) is -1.17. The van der Waals surface area contributed by atoms with Gasteiger partial charge in [-0.2, -0.15) is 10.5 Å². The summed E-state index contributed by atoms with van der Waals surface area (Å²) < 4.78 is 37.7. The predicted octanol–water partition coefficient (Wildman–Crippen LogP) is 2.04. The monoisotopic (exact) mass is 1060 g/mol. The number of nitriles is 2. The Labute approximate surface area is 428 Å². The molecule has 0 bridgehead atoms. The summed E-state index contributed by atoms with van der Waals surface area (Å²) in [5.41, 5.74) is -3.74. The number of thiocyanates is 1. The van der Waals surface area contributed by atoms with Crippen LogP contribution in [0.3, 0.4) is 0 Å². The normalized spacial score (nSPS) is 21.0. The van der Waals surface area contributed by atoms with E-state index in [9.17, 15) is 50.1 Å². The largest absolute Gasteiger partial charge is 0.463 e. The molecule has 0 saturated carbocycles. The lowest BCUT2D eigenvalue weighted by molar-refractivity contribution is -0.272. The van der Waals surface area contributed by atoms with Gasteiger partial charge in [0.1, 0.15) is 41.4 Å². The van der Waals surface area contributed by atoms with Crippen molar-refractivity contribution in [1.29, 1.82) is 10.5 Å². The summed E-state index contributed by atoms with van der Waals surface area (Å²) in [6.45, 7) is 11.0. The fourth-order valence-electron chi connectivity index (χ4n) is 7.75. The van der Waals surface area contributed by atoms with Gasteiger partial charge in [-0.15, -0.1) is 10.0 Å². The number of hydrogen-bond donors (Lipinski definition) is 7.